The van der Waals surface area contributed by atoms with Crippen molar-refractivity contribution in [3.63, 3.8) is 0 Å². The number of hydrogen-bond acceptors (Lipinski definition) is 7. The SMILES string of the molecule is CC(C(=O)NC(COC(C)(C)C)C(=O)NC(CCCCNC(=O)OC(C)(C)C)C(=O)NCCC1CCCCC1)c1ccc(CCCCn2ccnc2Cl)cc1. The number of nitrogens with one attached hydrogen (secondary N) is 4. The van der Waals surface area contributed by atoms with Gasteiger partial charge in [-0.05, 0) is 122 Å². The molecule has 12 nitrogen and oxygen atoms in total. The van der Waals surface area contributed by atoms with Gasteiger partial charge in [-0.1, -0.05) is 56.4 Å². The van der Waals surface area contributed by atoms with E-state index in [1.165, 1.54) is 37.7 Å². The summed E-state index contributed by atoms with van der Waals surface area (Å²) in [6.45, 7) is 14.5. The maximum Gasteiger partial charge on any atom is 0.407 e. The van der Waals surface area contributed by atoms with Crippen LogP contribution in [-0.4, -0.2) is 76.3 Å². The molecule has 0 bridgehead atoms. The summed E-state index contributed by atoms with van der Waals surface area (Å²) in [4.78, 5) is 57.2. The van der Waals surface area contributed by atoms with E-state index in [9.17, 15) is 19.2 Å². The summed E-state index contributed by atoms with van der Waals surface area (Å²) in [7, 11) is 0. The van der Waals surface area contributed by atoms with Crippen LogP contribution in [0, 0.1) is 5.92 Å². The molecule has 4 N–H and O–H groups in total. The predicted molar refractivity (Wildman–Crippen MR) is 217 cm³/mol. The maximum absolute atomic E-state index is 13.9. The smallest absolute Gasteiger partial charge is 0.407 e. The molecule has 1 aliphatic carbocycles. The third-order valence-corrected chi connectivity index (χ3v) is 10.1. The van der Waals surface area contributed by atoms with Crippen molar-refractivity contribution in [2.45, 2.75) is 161 Å². The van der Waals surface area contributed by atoms with Gasteiger partial charge in [0.15, 0.2) is 0 Å². The second-order valence-electron chi connectivity index (χ2n) is 16.9. The van der Waals surface area contributed by atoms with Gasteiger partial charge in [0.25, 0.3) is 0 Å². The third-order valence-electron chi connectivity index (χ3n) is 9.77. The highest BCUT2D eigenvalue weighted by Gasteiger charge is 2.30. The minimum atomic E-state index is -1.02. The lowest BCUT2D eigenvalue weighted by Gasteiger charge is -2.27. The van der Waals surface area contributed by atoms with Gasteiger partial charge in [-0.3, -0.25) is 14.4 Å². The molecule has 1 aromatic carbocycles. The van der Waals surface area contributed by atoms with Crippen molar-refractivity contribution in [3.05, 3.63) is 53.1 Å². The van der Waals surface area contributed by atoms with Gasteiger partial charge in [-0.2, -0.15) is 0 Å². The van der Waals surface area contributed by atoms with Crippen molar-refractivity contribution in [2.24, 2.45) is 5.92 Å². The molecular formula is C42H67ClN6O6. The Morgan fingerprint density at radius 1 is 0.836 bits per heavy atom. The number of rotatable bonds is 21. The first-order valence-corrected chi connectivity index (χ1v) is 20.6. The molecule has 1 aliphatic rings. The van der Waals surface area contributed by atoms with Crippen LogP contribution in [0.1, 0.15) is 136 Å². The number of halogens is 1. The minimum absolute atomic E-state index is 0.0627. The van der Waals surface area contributed by atoms with Crippen LogP contribution in [-0.2, 0) is 36.8 Å². The molecule has 0 radical (unpaired) electrons. The second-order valence-corrected chi connectivity index (χ2v) is 17.2. The summed E-state index contributed by atoms with van der Waals surface area (Å²) in [5.41, 5.74) is 0.843. The van der Waals surface area contributed by atoms with Crippen molar-refractivity contribution < 1.29 is 28.7 Å². The highest BCUT2D eigenvalue weighted by atomic mass is 35.5. The molecule has 1 heterocycles. The summed E-state index contributed by atoms with van der Waals surface area (Å²) >= 11 is 6.08. The first-order chi connectivity index (χ1) is 26.0. The Hall–Kier alpha value is -3.64. The molecule has 0 saturated heterocycles. The molecule has 1 fully saturated rings. The van der Waals surface area contributed by atoms with Crippen LogP contribution < -0.4 is 21.3 Å². The number of alkyl carbamates (subject to hydrolysis) is 1. The number of aromatic nitrogens is 2. The summed E-state index contributed by atoms with van der Waals surface area (Å²) in [5, 5.41) is 12.1. The predicted octanol–water partition coefficient (Wildman–Crippen LogP) is 7.23. The molecule has 13 heteroatoms. The van der Waals surface area contributed by atoms with Gasteiger partial charge in [-0.25, -0.2) is 9.78 Å². The summed E-state index contributed by atoms with van der Waals surface area (Å²) in [5.74, 6) is -0.990. The number of unbranched alkanes of at least 4 members (excludes halogenated alkanes) is 2. The van der Waals surface area contributed by atoms with Crippen LogP contribution >= 0.6 is 11.6 Å². The fourth-order valence-corrected chi connectivity index (χ4v) is 6.74. The number of benzene rings is 1. The topological polar surface area (TPSA) is 153 Å². The van der Waals surface area contributed by atoms with E-state index in [0.717, 1.165) is 37.8 Å². The van der Waals surface area contributed by atoms with Gasteiger partial charge in [-0.15, -0.1) is 0 Å². The van der Waals surface area contributed by atoms with E-state index in [1.807, 2.05) is 62.7 Å². The van der Waals surface area contributed by atoms with Crippen LogP contribution in [0.2, 0.25) is 5.28 Å². The van der Waals surface area contributed by atoms with Crippen LogP contribution in [0.15, 0.2) is 36.7 Å². The number of amides is 4. The van der Waals surface area contributed by atoms with Crippen LogP contribution in [0.4, 0.5) is 4.79 Å². The van der Waals surface area contributed by atoms with E-state index in [4.69, 9.17) is 21.1 Å². The summed E-state index contributed by atoms with van der Waals surface area (Å²) < 4.78 is 13.2. The molecule has 3 rings (SSSR count). The summed E-state index contributed by atoms with van der Waals surface area (Å²) in [6, 6.07) is 6.14. The van der Waals surface area contributed by atoms with E-state index in [-0.39, 0.29) is 18.4 Å². The quantitative estimate of drug-likeness (QED) is 0.0975. The van der Waals surface area contributed by atoms with Crippen molar-refractivity contribution in [1.29, 1.82) is 0 Å². The number of hydrogen-bond donors (Lipinski definition) is 4. The van der Waals surface area contributed by atoms with Crippen molar-refractivity contribution in [1.82, 2.24) is 30.8 Å². The van der Waals surface area contributed by atoms with Crippen LogP contribution in [0.25, 0.3) is 0 Å². The Bertz CT molecular complexity index is 1480. The molecule has 3 atom stereocenters. The largest absolute Gasteiger partial charge is 0.444 e. The van der Waals surface area contributed by atoms with E-state index < -0.39 is 41.2 Å². The minimum Gasteiger partial charge on any atom is -0.444 e. The van der Waals surface area contributed by atoms with Gasteiger partial charge in [0.1, 0.15) is 17.7 Å². The normalized spacial score (nSPS) is 15.4. The first kappa shape index (κ1) is 45.7. The molecule has 1 saturated carbocycles. The Balaban J connectivity index is 1.61. The zero-order chi connectivity index (χ0) is 40.4. The van der Waals surface area contributed by atoms with E-state index in [1.54, 1.807) is 27.0 Å². The average Bonchev–Trinajstić information content (AvgIpc) is 3.54. The first-order valence-electron chi connectivity index (χ1n) is 20.3. The lowest BCUT2D eigenvalue weighted by atomic mass is 9.87. The summed E-state index contributed by atoms with van der Waals surface area (Å²) in [6.07, 6.45) is 14.4. The number of aryl methyl sites for hydroxylation is 2. The maximum atomic E-state index is 13.9. The molecule has 3 unspecified atom stereocenters. The fraction of sp³-hybridized carbons (Fsp3) is 0.690. The molecule has 0 aliphatic heterocycles. The molecule has 55 heavy (non-hydrogen) atoms. The van der Waals surface area contributed by atoms with Gasteiger partial charge in [0, 0.05) is 32.0 Å². The third kappa shape index (κ3) is 18.2. The zero-order valence-electron chi connectivity index (χ0n) is 34.3. The van der Waals surface area contributed by atoms with E-state index in [2.05, 4.69) is 26.3 Å². The van der Waals surface area contributed by atoms with Gasteiger partial charge in [0.2, 0.25) is 23.0 Å². The molecule has 0 spiro atoms. The standard InChI is InChI=1S/C42H67ClN6O6/c1-30(33-21-19-32(20-22-33)17-12-14-27-49-28-26-45-39(49)43)36(50)48-35(29-54-41(2,3)4)38(52)47-34(18-11-13-24-46-40(53)55-42(5,6)7)37(51)44-25-23-31-15-9-8-10-16-31/h19-22,26,28,30-31,34-35H,8-18,23-25,27,29H2,1-7H3,(H,44,51)(H,46,53)(H,47,52)(H,48,50). The average molecular weight is 787 g/mol. The molecular weight excluding hydrogens is 720 g/mol. The zero-order valence-corrected chi connectivity index (χ0v) is 35.1. The van der Waals surface area contributed by atoms with Crippen LogP contribution in [0.5, 0.6) is 0 Å². The Kier molecular flexibility index (Phi) is 19.0. The second kappa shape index (κ2) is 22.8. The van der Waals surface area contributed by atoms with Gasteiger partial charge < -0.3 is 35.3 Å². The monoisotopic (exact) mass is 786 g/mol. The fourth-order valence-electron chi connectivity index (χ4n) is 6.54. The van der Waals surface area contributed by atoms with Gasteiger partial charge in [0.05, 0.1) is 18.1 Å². The molecule has 4 amide bonds. The molecule has 308 valence electrons. The van der Waals surface area contributed by atoms with Crippen molar-refractivity contribution >= 4 is 35.4 Å². The number of ether oxygens (including phenoxy) is 2. The van der Waals surface area contributed by atoms with Gasteiger partial charge >= 0.3 is 6.09 Å². The Morgan fingerprint density at radius 2 is 1.53 bits per heavy atom. The van der Waals surface area contributed by atoms with E-state index >= 15 is 0 Å². The van der Waals surface area contributed by atoms with Crippen LogP contribution in [0.3, 0.4) is 0 Å². The number of nitrogens with zero attached hydrogens (tertiary/aromatic N) is 2. The Labute approximate surface area is 334 Å². The Morgan fingerprint density at radius 3 is 2.16 bits per heavy atom. The number of carbonyl (C=O) groups excluding carboxylic acids is 4. The van der Waals surface area contributed by atoms with Crippen molar-refractivity contribution in [3.8, 4) is 0 Å². The highest BCUT2D eigenvalue weighted by molar-refractivity contribution is 6.28. The lowest BCUT2D eigenvalue weighted by Crippen LogP contribution is -2.56. The highest BCUT2D eigenvalue weighted by Crippen LogP contribution is 2.26. The van der Waals surface area contributed by atoms with Crippen molar-refractivity contribution in [2.75, 3.05) is 19.7 Å². The molecule has 1 aromatic heterocycles. The number of carbonyl (C=O) groups is 4. The number of imidazole rings is 1. The molecule has 2 aromatic rings. The lowest BCUT2D eigenvalue weighted by molar-refractivity contribution is -0.135. The van der Waals surface area contributed by atoms with E-state index in [0.29, 0.717) is 43.6 Å².